The summed E-state index contributed by atoms with van der Waals surface area (Å²) in [4.78, 5) is 7.13. The highest BCUT2D eigenvalue weighted by Crippen LogP contribution is 2.39. The molecule has 0 saturated carbocycles. The molecule has 0 amide bonds. The number of nitrogens with zero attached hydrogens (tertiary/aromatic N) is 5. The number of aromatic nitrogens is 5. The van der Waals surface area contributed by atoms with E-state index in [0.717, 1.165) is 12.1 Å². The smallest absolute Gasteiger partial charge is 0.417 e. The third kappa shape index (κ3) is 4.81. The van der Waals surface area contributed by atoms with Crippen LogP contribution in [0, 0.1) is 23.0 Å². The summed E-state index contributed by atoms with van der Waals surface area (Å²) >= 11 is 0. The van der Waals surface area contributed by atoms with Gasteiger partial charge >= 0.3 is 6.18 Å². The number of fused-ring (bicyclic) bond motifs is 1. The number of rotatable bonds is 6. The molecule has 5 aromatic rings. The standard InChI is InChI=1S/C24H13F5N6O2/c25-18-3-1-2-16(22(18)26)23-32-20-10-31-35(12-21(20)33-23)11-14-9-19(34-37-14)15-5-4-13(36-7-6-30)8-17(15)24(27,28)29/h1-5,8-10,12H,7,11H2/p+1. The normalized spacial score (nSPS) is 11.6. The number of hydrogen-bond acceptors (Lipinski definition) is 6. The van der Waals surface area contributed by atoms with Crippen molar-refractivity contribution in [2.45, 2.75) is 12.7 Å². The van der Waals surface area contributed by atoms with E-state index in [9.17, 15) is 22.0 Å². The van der Waals surface area contributed by atoms with Gasteiger partial charge in [-0.05, 0) is 35.4 Å². The number of alkyl halides is 3. The number of nitriles is 1. The summed E-state index contributed by atoms with van der Waals surface area (Å²) in [5, 5.41) is 16.5. The van der Waals surface area contributed by atoms with Crippen LogP contribution in [-0.4, -0.2) is 26.8 Å². The van der Waals surface area contributed by atoms with E-state index >= 15 is 0 Å². The summed E-state index contributed by atoms with van der Waals surface area (Å²) in [5.74, 6) is -1.84. The number of aromatic amines is 1. The quantitative estimate of drug-likeness (QED) is 0.258. The molecule has 2 aromatic carbocycles. The van der Waals surface area contributed by atoms with E-state index in [1.54, 1.807) is 6.07 Å². The van der Waals surface area contributed by atoms with Crippen LogP contribution in [0.5, 0.6) is 5.75 Å². The van der Waals surface area contributed by atoms with Crippen LogP contribution in [-0.2, 0) is 12.7 Å². The van der Waals surface area contributed by atoms with Crippen LogP contribution in [0.1, 0.15) is 11.3 Å². The van der Waals surface area contributed by atoms with Crippen LogP contribution >= 0.6 is 0 Å². The Hall–Kier alpha value is -4.86. The zero-order valence-electron chi connectivity index (χ0n) is 18.6. The van der Waals surface area contributed by atoms with E-state index in [1.807, 2.05) is 0 Å². The molecule has 5 rings (SSSR count). The molecule has 186 valence electrons. The molecule has 37 heavy (non-hydrogen) atoms. The molecular formula is C24H14F5N6O2+. The van der Waals surface area contributed by atoms with Gasteiger partial charge in [0.15, 0.2) is 18.2 Å². The van der Waals surface area contributed by atoms with E-state index in [-0.39, 0.29) is 40.7 Å². The zero-order valence-corrected chi connectivity index (χ0v) is 18.6. The summed E-state index contributed by atoms with van der Waals surface area (Å²) in [6, 6.07) is 10.1. The number of ether oxygens (including phenoxy) is 1. The molecule has 1 N–H and O–H groups in total. The summed E-state index contributed by atoms with van der Waals surface area (Å²) in [6.07, 6.45) is -1.78. The minimum absolute atomic E-state index is 0.0103. The molecular weight excluding hydrogens is 499 g/mol. The van der Waals surface area contributed by atoms with E-state index < -0.39 is 30.0 Å². The van der Waals surface area contributed by atoms with E-state index in [2.05, 4.69) is 20.2 Å². The summed E-state index contributed by atoms with van der Waals surface area (Å²) in [7, 11) is 0. The molecule has 13 heteroatoms. The summed E-state index contributed by atoms with van der Waals surface area (Å²) in [5.41, 5.74) is -0.476. The first-order valence-corrected chi connectivity index (χ1v) is 10.6. The molecule has 0 spiro atoms. The highest BCUT2D eigenvalue weighted by Gasteiger charge is 2.35. The molecule has 8 nitrogen and oxygen atoms in total. The molecule has 0 fully saturated rings. The average Bonchev–Trinajstić information content (AvgIpc) is 3.50. The van der Waals surface area contributed by atoms with Crippen molar-refractivity contribution in [3.8, 4) is 34.5 Å². The lowest BCUT2D eigenvalue weighted by Crippen LogP contribution is -2.37. The van der Waals surface area contributed by atoms with Crippen LogP contribution in [0.15, 0.2) is 59.4 Å². The van der Waals surface area contributed by atoms with Crippen molar-refractivity contribution in [3.63, 3.8) is 0 Å². The fraction of sp³-hybridized carbons (Fsp3) is 0.125. The van der Waals surface area contributed by atoms with Gasteiger partial charge in [0.1, 0.15) is 40.6 Å². The Bertz CT molecular complexity index is 1650. The number of benzene rings is 2. The van der Waals surface area contributed by atoms with Crippen LogP contribution < -0.4 is 9.42 Å². The Morgan fingerprint density at radius 2 is 1.95 bits per heavy atom. The third-order valence-electron chi connectivity index (χ3n) is 5.33. The predicted molar refractivity (Wildman–Crippen MR) is 117 cm³/mol. The molecule has 0 unspecified atom stereocenters. The van der Waals surface area contributed by atoms with E-state index in [4.69, 9.17) is 14.5 Å². The highest BCUT2D eigenvalue weighted by atomic mass is 19.4. The molecule has 0 radical (unpaired) electrons. The monoisotopic (exact) mass is 513 g/mol. The maximum absolute atomic E-state index is 14.1. The van der Waals surface area contributed by atoms with Crippen molar-refractivity contribution in [1.82, 2.24) is 20.2 Å². The molecule has 0 aliphatic rings. The molecule has 3 aromatic heterocycles. The Labute approximate surface area is 204 Å². The second-order valence-electron chi connectivity index (χ2n) is 7.79. The lowest BCUT2D eigenvalue weighted by molar-refractivity contribution is -0.746. The van der Waals surface area contributed by atoms with Gasteiger partial charge in [0.05, 0.1) is 11.1 Å². The van der Waals surface area contributed by atoms with Crippen LogP contribution in [0.3, 0.4) is 0 Å². The third-order valence-corrected chi connectivity index (χ3v) is 5.33. The van der Waals surface area contributed by atoms with Crippen molar-refractivity contribution in [1.29, 1.82) is 5.26 Å². The minimum Gasteiger partial charge on any atom is -0.479 e. The van der Waals surface area contributed by atoms with Gasteiger partial charge in [0.2, 0.25) is 18.5 Å². The van der Waals surface area contributed by atoms with Crippen molar-refractivity contribution in [3.05, 3.63) is 77.8 Å². The van der Waals surface area contributed by atoms with Gasteiger partial charge < -0.3 is 14.2 Å². The molecule has 0 saturated heterocycles. The van der Waals surface area contributed by atoms with E-state index in [1.165, 1.54) is 47.4 Å². The SMILES string of the molecule is N#CCOc1ccc(-c2cc(C[n+]3cc4[nH]c(-c5cccc(F)c5F)nc4cn3)on2)c(C(F)(F)F)c1. The lowest BCUT2D eigenvalue weighted by Gasteiger charge is -2.12. The first-order chi connectivity index (χ1) is 17.7. The topological polar surface area (TPSA) is 104 Å². The lowest BCUT2D eigenvalue weighted by atomic mass is 10.0. The number of H-pyrrole nitrogens is 1. The minimum atomic E-state index is -4.71. The second-order valence-corrected chi connectivity index (χ2v) is 7.79. The van der Waals surface area contributed by atoms with Gasteiger partial charge in [-0.3, -0.25) is 0 Å². The molecule has 0 atom stereocenters. The molecule has 0 bridgehead atoms. The van der Waals surface area contributed by atoms with Crippen LogP contribution in [0.4, 0.5) is 22.0 Å². The van der Waals surface area contributed by atoms with Gasteiger partial charge in [-0.1, -0.05) is 15.9 Å². The van der Waals surface area contributed by atoms with Gasteiger partial charge in [-0.2, -0.15) is 18.4 Å². The fourth-order valence-corrected chi connectivity index (χ4v) is 3.67. The van der Waals surface area contributed by atoms with Gasteiger partial charge in [-0.25, -0.2) is 13.8 Å². The molecule has 3 heterocycles. The Morgan fingerprint density at radius 1 is 1.11 bits per heavy atom. The Kier molecular flexibility index (Phi) is 6.00. The number of nitrogens with one attached hydrogen (secondary N) is 1. The maximum atomic E-state index is 14.1. The van der Waals surface area contributed by atoms with Gasteiger partial charge in [0, 0.05) is 11.6 Å². The first-order valence-electron chi connectivity index (χ1n) is 10.6. The van der Waals surface area contributed by atoms with Crippen molar-refractivity contribution in [2.24, 2.45) is 0 Å². The van der Waals surface area contributed by atoms with Crippen molar-refractivity contribution < 1.29 is 35.9 Å². The van der Waals surface area contributed by atoms with E-state index in [0.29, 0.717) is 11.0 Å². The predicted octanol–water partition coefficient (Wildman–Crippen LogP) is 4.82. The second kappa shape index (κ2) is 9.30. The van der Waals surface area contributed by atoms with Gasteiger partial charge in [0.25, 0.3) is 0 Å². The highest BCUT2D eigenvalue weighted by molar-refractivity contribution is 5.77. The molecule has 0 aliphatic carbocycles. The van der Waals surface area contributed by atoms with Crippen molar-refractivity contribution >= 4 is 11.0 Å². The number of hydrogen-bond donors (Lipinski definition) is 1. The van der Waals surface area contributed by atoms with Crippen LogP contribution in [0.2, 0.25) is 0 Å². The average molecular weight is 513 g/mol. The summed E-state index contributed by atoms with van der Waals surface area (Å²) in [6.45, 7) is -0.384. The largest absolute Gasteiger partial charge is 0.479 e. The van der Waals surface area contributed by atoms with Crippen LogP contribution in [0.25, 0.3) is 33.7 Å². The summed E-state index contributed by atoms with van der Waals surface area (Å²) < 4.78 is 80.3. The Balaban J connectivity index is 1.41. The number of imidazole rings is 1. The fourth-order valence-electron chi connectivity index (χ4n) is 3.67. The van der Waals surface area contributed by atoms with Gasteiger partial charge in [-0.15, -0.1) is 0 Å². The van der Waals surface area contributed by atoms with Crippen molar-refractivity contribution in [2.75, 3.05) is 6.61 Å². The zero-order chi connectivity index (χ0) is 26.2. The number of halogens is 5. The Morgan fingerprint density at radius 3 is 2.73 bits per heavy atom. The first kappa shape index (κ1) is 23.9. The molecule has 0 aliphatic heterocycles. The maximum Gasteiger partial charge on any atom is 0.417 e.